The van der Waals surface area contributed by atoms with E-state index in [4.69, 9.17) is 0 Å². The van der Waals surface area contributed by atoms with Crippen LogP contribution < -0.4 is 10.6 Å². The number of aryl methyl sites for hydroxylation is 1. The maximum atomic E-state index is 11.7. The van der Waals surface area contributed by atoms with Crippen molar-refractivity contribution in [2.75, 3.05) is 10.6 Å². The highest BCUT2D eigenvalue weighted by atomic mass is 16.1. The number of nitriles is 1. The van der Waals surface area contributed by atoms with Gasteiger partial charge in [0.25, 0.3) is 0 Å². The van der Waals surface area contributed by atoms with E-state index in [0.29, 0.717) is 17.9 Å². The van der Waals surface area contributed by atoms with Crippen LogP contribution in [0.3, 0.4) is 0 Å². The summed E-state index contributed by atoms with van der Waals surface area (Å²) in [7, 11) is 0. The Morgan fingerprint density at radius 1 is 1.15 bits per heavy atom. The summed E-state index contributed by atoms with van der Waals surface area (Å²) in [5.41, 5.74) is 4.20. The molecule has 1 amide bonds. The van der Waals surface area contributed by atoms with Gasteiger partial charge >= 0.3 is 0 Å². The van der Waals surface area contributed by atoms with Crippen molar-refractivity contribution in [1.82, 2.24) is 10.2 Å². The van der Waals surface area contributed by atoms with Gasteiger partial charge in [-0.05, 0) is 36.1 Å². The first-order chi connectivity index (χ1) is 12.5. The highest BCUT2D eigenvalue weighted by Crippen LogP contribution is 2.21. The first-order valence-electron chi connectivity index (χ1n) is 8.92. The molecule has 2 rings (SSSR count). The normalized spacial score (nSPS) is 10.5. The van der Waals surface area contributed by atoms with Crippen LogP contribution in [0.15, 0.2) is 24.3 Å². The maximum absolute atomic E-state index is 11.7. The number of carbonyl (C=O) groups excluding carboxylic acids is 1. The lowest BCUT2D eigenvalue weighted by Gasteiger charge is -2.12. The van der Waals surface area contributed by atoms with Crippen LogP contribution in [0.2, 0.25) is 0 Å². The Hall–Kier alpha value is -2.94. The summed E-state index contributed by atoms with van der Waals surface area (Å²) in [6.07, 6.45) is 1.51. The maximum Gasteiger partial charge on any atom is 0.226 e. The Labute approximate surface area is 154 Å². The molecule has 0 atom stereocenters. The molecule has 1 heterocycles. The molecular formula is C20H25N5O. The van der Waals surface area contributed by atoms with Crippen molar-refractivity contribution < 1.29 is 4.79 Å². The number of hydrogen-bond acceptors (Lipinski definition) is 5. The van der Waals surface area contributed by atoms with Gasteiger partial charge in [0.05, 0.1) is 5.69 Å². The number of aromatic nitrogens is 2. The number of nitrogens with zero attached hydrogens (tertiary/aromatic N) is 3. The summed E-state index contributed by atoms with van der Waals surface area (Å²) in [6.45, 7) is 8.27. The quantitative estimate of drug-likeness (QED) is 0.794. The highest BCUT2D eigenvalue weighted by molar-refractivity contribution is 5.92. The Bertz CT molecular complexity index is 806. The second kappa shape index (κ2) is 8.95. The number of carbonyl (C=O) groups is 1. The second-order valence-corrected chi connectivity index (χ2v) is 6.36. The fourth-order valence-electron chi connectivity index (χ4n) is 2.60. The van der Waals surface area contributed by atoms with Gasteiger partial charge in [0.15, 0.2) is 5.82 Å². The van der Waals surface area contributed by atoms with Crippen LogP contribution in [0.25, 0.3) is 0 Å². The molecule has 1 aromatic heterocycles. The molecule has 0 unspecified atom stereocenters. The first kappa shape index (κ1) is 19.4. The lowest BCUT2D eigenvalue weighted by atomic mass is 10.0. The van der Waals surface area contributed by atoms with Crippen LogP contribution >= 0.6 is 0 Å². The molecule has 0 aliphatic carbocycles. The average molecular weight is 351 g/mol. The zero-order chi connectivity index (χ0) is 19.1. The molecule has 136 valence electrons. The Kier molecular flexibility index (Phi) is 6.67. The van der Waals surface area contributed by atoms with Gasteiger partial charge in [0.1, 0.15) is 11.6 Å². The zero-order valence-corrected chi connectivity index (χ0v) is 15.8. The number of rotatable bonds is 7. The summed E-state index contributed by atoms with van der Waals surface area (Å²) in [5.74, 6) is 0.449. The molecule has 6 heteroatoms. The molecule has 2 N–H and O–H groups in total. The summed E-state index contributed by atoms with van der Waals surface area (Å²) < 4.78 is 0. The predicted molar refractivity (Wildman–Crippen MR) is 103 cm³/mol. The zero-order valence-electron chi connectivity index (χ0n) is 15.8. The Balaban J connectivity index is 2.09. The van der Waals surface area contributed by atoms with Crippen LogP contribution in [-0.2, 0) is 24.2 Å². The summed E-state index contributed by atoms with van der Waals surface area (Å²) in [4.78, 5) is 11.7. The van der Waals surface area contributed by atoms with Gasteiger partial charge in [0, 0.05) is 18.2 Å². The fraction of sp³-hybridized carbons (Fsp3) is 0.400. The minimum absolute atomic E-state index is 0.00656. The number of nitrogens with one attached hydrogen (secondary N) is 2. The lowest BCUT2D eigenvalue weighted by molar-refractivity contribution is -0.118. The van der Waals surface area contributed by atoms with Gasteiger partial charge in [-0.15, -0.1) is 5.10 Å². The van der Waals surface area contributed by atoms with E-state index in [1.54, 1.807) is 0 Å². The van der Waals surface area contributed by atoms with Crippen molar-refractivity contribution in [3.63, 3.8) is 0 Å². The van der Waals surface area contributed by atoms with Gasteiger partial charge in [-0.25, -0.2) is 0 Å². The largest absolute Gasteiger partial charge is 0.363 e. The van der Waals surface area contributed by atoms with Crippen molar-refractivity contribution in [1.29, 1.82) is 5.26 Å². The van der Waals surface area contributed by atoms with Gasteiger partial charge < -0.3 is 10.6 Å². The molecule has 0 aliphatic heterocycles. The summed E-state index contributed by atoms with van der Waals surface area (Å²) in [5, 5.41) is 24.0. The topological polar surface area (TPSA) is 90.7 Å². The third-order valence-electron chi connectivity index (χ3n) is 4.16. The highest BCUT2D eigenvalue weighted by Gasteiger charge is 2.14. The SMILES string of the molecule is CCc1nnc(NCc2ccc(NC(=O)C(C)C)cc2)c(C#N)c1CC. The van der Waals surface area contributed by atoms with Crippen molar-refractivity contribution >= 4 is 17.4 Å². The lowest BCUT2D eigenvalue weighted by Crippen LogP contribution is -2.17. The molecule has 0 bridgehead atoms. The molecule has 0 spiro atoms. The molecule has 0 saturated heterocycles. The Morgan fingerprint density at radius 2 is 1.85 bits per heavy atom. The second-order valence-electron chi connectivity index (χ2n) is 6.36. The van der Waals surface area contributed by atoms with Gasteiger partial charge in [-0.2, -0.15) is 10.4 Å². The predicted octanol–water partition coefficient (Wildman–Crippen LogP) is 3.68. The summed E-state index contributed by atoms with van der Waals surface area (Å²) >= 11 is 0. The molecule has 0 fully saturated rings. The van der Waals surface area contributed by atoms with Crippen molar-refractivity contribution in [2.24, 2.45) is 5.92 Å². The first-order valence-corrected chi connectivity index (χ1v) is 8.92. The molecule has 6 nitrogen and oxygen atoms in total. The molecule has 1 aromatic carbocycles. The molecule has 0 radical (unpaired) electrons. The van der Waals surface area contributed by atoms with E-state index in [1.165, 1.54) is 0 Å². The van der Waals surface area contributed by atoms with Crippen LogP contribution in [0.5, 0.6) is 0 Å². The number of benzene rings is 1. The van der Waals surface area contributed by atoms with Gasteiger partial charge in [0.2, 0.25) is 5.91 Å². The number of anilines is 2. The standard InChI is InChI=1S/C20H25N5O/c1-5-16-17(11-21)19(25-24-18(16)6-2)22-12-14-7-9-15(10-8-14)23-20(26)13(3)4/h7-10,13H,5-6,12H2,1-4H3,(H,22,25)(H,23,26). The van der Waals surface area contributed by atoms with E-state index < -0.39 is 0 Å². The molecule has 0 saturated carbocycles. The van der Waals surface area contributed by atoms with Crippen molar-refractivity contribution in [3.8, 4) is 6.07 Å². The van der Waals surface area contributed by atoms with Crippen LogP contribution in [0.1, 0.15) is 50.1 Å². The van der Waals surface area contributed by atoms with Crippen LogP contribution in [0.4, 0.5) is 11.5 Å². The molecule has 0 aliphatic rings. The molecule has 26 heavy (non-hydrogen) atoms. The van der Waals surface area contributed by atoms with E-state index in [-0.39, 0.29) is 11.8 Å². The van der Waals surface area contributed by atoms with Crippen LogP contribution in [0, 0.1) is 17.2 Å². The Morgan fingerprint density at radius 3 is 2.38 bits per heavy atom. The van der Waals surface area contributed by atoms with E-state index in [1.807, 2.05) is 52.0 Å². The van der Waals surface area contributed by atoms with E-state index >= 15 is 0 Å². The van der Waals surface area contributed by atoms with E-state index in [9.17, 15) is 10.1 Å². The third-order valence-corrected chi connectivity index (χ3v) is 4.16. The van der Waals surface area contributed by atoms with E-state index in [2.05, 4.69) is 26.9 Å². The molecular weight excluding hydrogens is 326 g/mol. The third kappa shape index (κ3) is 4.57. The summed E-state index contributed by atoms with van der Waals surface area (Å²) in [6, 6.07) is 9.86. The minimum atomic E-state index is -0.0572. The number of hydrogen-bond donors (Lipinski definition) is 2. The van der Waals surface area contributed by atoms with Crippen molar-refractivity contribution in [2.45, 2.75) is 47.1 Å². The molecule has 2 aromatic rings. The van der Waals surface area contributed by atoms with Gasteiger partial charge in [-0.3, -0.25) is 4.79 Å². The van der Waals surface area contributed by atoms with Crippen LogP contribution in [-0.4, -0.2) is 16.1 Å². The minimum Gasteiger partial charge on any atom is -0.363 e. The van der Waals surface area contributed by atoms with E-state index in [0.717, 1.165) is 35.3 Å². The monoisotopic (exact) mass is 351 g/mol. The van der Waals surface area contributed by atoms with Gasteiger partial charge in [-0.1, -0.05) is 39.8 Å². The van der Waals surface area contributed by atoms with Crippen molar-refractivity contribution in [3.05, 3.63) is 46.6 Å². The number of amides is 1. The fourth-order valence-corrected chi connectivity index (χ4v) is 2.60. The smallest absolute Gasteiger partial charge is 0.226 e. The average Bonchev–Trinajstić information content (AvgIpc) is 2.66.